The predicted molar refractivity (Wildman–Crippen MR) is 98.2 cm³/mol. The summed E-state index contributed by atoms with van der Waals surface area (Å²) in [6, 6.07) is 14.9. The quantitative estimate of drug-likeness (QED) is 0.711. The summed E-state index contributed by atoms with van der Waals surface area (Å²) in [4.78, 5) is 12.2. The van der Waals surface area contributed by atoms with Gasteiger partial charge in [-0.1, -0.05) is 30.3 Å². The lowest BCUT2D eigenvalue weighted by atomic mass is 10.2. The molecule has 0 amide bonds. The second-order valence-electron chi connectivity index (χ2n) is 6.57. The van der Waals surface area contributed by atoms with Gasteiger partial charge in [-0.15, -0.1) is 0 Å². The molecule has 4 rings (SSSR count). The second-order valence-corrected chi connectivity index (χ2v) is 8.34. The first-order chi connectivity index (χ1) is 12.0. The summed E-state index contributed by atoms with van der Waals surface area (Å²) in [5, 5.41) is 3.29. The topological polar surface area (TPSA) is 84.0 Å². The Hall–Kier alpha value is -2.54. The third-order valence-electron chi connectivity index (χ3n) is 4.38. The van der Waals surface area contributed by atoms with Crippen LogP contribution in [0.3, 0.4) is 0 Å². The molecule has 130 valence electrons. The molecule has 0 atom stereocenters. The Bertz CT molecular complexity index is 1060. The highest BCUT2D eigenvalue weighted by atomic mass is 32.2. The van der Waals surface area contributed by atoms with Crippen LogP contribution in [0, 0.1) is 5.92 Å². The monoisotopic (exact) mass is 357 g/mol. The van der Waals surface area contributed by atoms with Crippen LogP contribution in [0.4, 0.5) is 5.69 Å². The van der Waals surface area contributed by atoms with Gasteiger partial charge in [0.25, 0.3) is 5.56 Å². The minimum atomic E-state index is -3.36. The average molecular weight is 357 g/mol. The molecule has 7 heteroatoms. The van der Waals surface area contributed by atoms with Crippen LogP contribution >= 0.6 is 0 Å². The minimum Gasteiger partial charge on any atom is -0.284 e. The summed E-state index contributed by atoms with van der Waals surface area (Å²) in [6.45, 7) is 0.548. The van der Waals surface area contributed by atoms with Gasteiger partial charge in [-0.05, 0) is 42.5 Å². The fraction of sp³-hybridized carbons (Fsp3) is 0.278. The van der Waals surface area contributed by atoms with Crippen molar-refractivity contribution in [1.82, 2.24) is 9.78 Å². The number of rotatable bonds is 6. The molecule has 3 aromatic rings. The molecule has 1 heterocycles. The van der Waals surface area contributed by atoms with Crippen molar-refractivity contribution in [3.63, 3.8) is 0 Å². The Morgan fingerprint density at radius 1 is 1.12 bits per heavy atom. The number of sulfonamides is 1. The number of H-pyrrole nitrogens is 1. The third-order valence-corrected chi connectivity index (χ3v) is 5.83. The Morgan fingerprint density at radius 3 is 2.60 bits per heavy atom. The Morgan fingerprint density at radius 2 is 1.88 bits per heavy atom. The van der Waals surface area contributed by atoms with Gasteiger partial charge in [-0.3, -0.25) is 19.3 Å². The number of hydrogen-bond donors (Lipinski definition) is 2. The van der Waals surface area contributed by atoms with Crippen molar-refractivity contribution >= 4 is 26.6 Å². The Kier molecular flexibility index (Phi) is 3.88. The number of anilines is 1. The summed E-state index contributed by atoms with van der Waals surface area (Å²) in [7, 11) is -3.36. The number of hydrogen-bond acceptors (Lipinski definition) is 3. The van der Waals surface area contributed by atoms with E-state index in [2.05, 4.69) is 9.82 Å². The van der Waals surface area contributed by atoms with Crippen molar-refractivity contribution in [3.05, 3.63) is 64.4 Å². The van der Waals surface area contributed by atoms with Gasteiger partial charge in [0, 0.05) is 5.69 Å². The fourth-order valence-corrected chi connectivity index (χ4v) is 4.49. The lowest BCUT2D eigenvalue weighted by molar-refractivity contribution is 0.597. The van der Waals surface area contributed by atoms with E-state index in [9.17, 15) is 13.2 Å². The van der Waals surface area contributed by atoms with Gasteiger partial charge < -0.3 is 0 Å². The fourth-order valence-electron chi connectivity index (χ4n) is 2.97. The zero-order valence-electron chi connectivity index (χ0n) is 13.6. The van der Waals surface area contributed by atoms with E-state index in [1.807, 2.05) is 30.3 Å². The maximum absolute atomic E-state index is 12.2. The number of nitrogens with zero attached hydrogens (tertiary/aromatic N) is 1. The third kappa shape index (κ3) is 3.61. The molecule has 1 aliphatic rings. The summed E-state index contributed by atoms with van der Waals surface area (Å²) < 4.78 is 28.6. The van der Waals surface area contributed by atoms with Gasteiger partial charge in [-0.25, -0.2) is 8.42 Å². The smallest absolute Gasteiger partial charge is 0.272 e. The highest BCUT2D eigenvalue weighted by Gasteiger charge is 2.28. The van der Waals surface area contributed by atoms with E-state index in [1.54, 1.807) is 22.9 Å². The summed E-state index contributed by atoms with van der Waals surface area (Å²) in [6.07, 6.45) is 1.95. The minimum absolute atomic E-state index is 0.149. The standard InChI is InChI=1S/C18H19N3O3S/c22-18-16-10-15(20-25(23,24)12-14-6-7-14)8-9-17(16)21(19-18)11-13-4-2-1-3-5-13/h1-5,8-10,14,20H,6-7,11-12H2,(H,19,22). The summed E-state index contributed by atoms with van der Waals surface area (Å²) >= 11 is 0. The van der Waals surface area contributed by atoms with E-state index in [-0.39, 0.29) is 17.2 Å². The normalized spacial score (nSPS) is 14.7. The first-order valence-electron chi connectivity index (χ1n) is 8.27. The van der Waals surface area contributed by atoms with Gasteiger partial charge in [0.15, 0.2) is 0 Å². The van der Waals surface area contributed by atoms with E-state index in [0.29, 0.717) is 17.6 Å². The maximum atomic E-state index is 12.2. The van der Waals surface area contributed by atoms with Crippen LogP contribution in [0.1, 0.15) is 18.4 Å². The average Bonchev–Trinajstić information content (AvgIpc) is 3.32. The van der Waals surface area contributed by atoms with Gasteiger partial charge in [-0.2, -0.15) is 0 Å². The van der Waals surface area contributed by atoms with Crippen LogP contribution in [-0.4, -0.2) is 24.0 Å². The molecule has 0 radical (unpaired) electrons. The molecule has 0 bridgehead atoms. The van der Waals surface area contributed by atoms with Crippen LogP contribution in [0.5, 0.6) is 0 Å². The Balaban J connectivity index is 1.63. The molecule has 6 nitrogen and oxygen atoms in total. The van der Waals surface area contributed by atoms with Crippen molar-refractivity contribution in [2.24, 2.45) is 5.92 Å². The molecular weight excluding hydrogens is 338 g/mol. The summed E-state index contributed by atoms with van der Waals surface area (Å²) in [5.74, 6) is 0.424. The Labute approximate surface area is 145 Å². The van der Waals surface area contributed by atoms with Crippen molar-refractivity contribution in [1.29, 1.82) is 0 Å². The number of aromatic nitrogens is 2. The van der Waals surface area contributed by atoms with E-state index >= 15 is 0 Å². The molecule has 0 spiro atoms. The predicted octanol–water partition coefficient (Wildman–Crippen LogP) is 2.53. The van der Waals surface area contributed by atoms with Gasteiger partial charge in [0.05, 0.1) is 23.2 Å². The van der Waals surface area contributed by atoms with E-state index in [4.69, 9.17) is 0 Å². The van der Waals surface area contributed by atoms with Crippen LogP contribution in [-0.2, 0) is 16.6 Å². The highest BCUT2D eigenvalue weighted by Crippen LogP contribution is 2.30. The number of nitrogens with one attached hydrogen (secondary N) is 2. The number of fused-ring (bicyclic) bond motifs is 1. The zero-order valence-corrected chi connectivity index (χ0v) is 14.4. The van der Waals surface area contributed by atoms with Crippen LogP contribution in [0.2, 0.25) is 0 Å². The molecule has 2 aromatic carbocycles. The molecule has 0 saturated heterocycles. The van der Waals surface area contributed by atoms with E-state index in [0.717, 1.165) is 23.9 Å². The molecule has 1 saturated carbocycles. The number of aromatic amines is 1. The highest BCUT2D eigenvalue weighted by molar-refractivity contribution is 7.92. The molecular formula is C18H19N3O3S. The SMILES string of the molecule is O=c1[nH]n(Cc2ccccc2)c2ccc(NS(=O)(=O)CC3CC3)cc12. The number of benzene rings is 2. The zero-order chi connectivity index (χ0) is 17.4. The van der Waals surface area contributed by atoms with Crippen molar-refractivity contribution in [3.8, 4) is 0 Å². The molecule has 2 N–H and O–H groups in total. The van der Waals surface area contributed by atoms with Crippen molar-refractivity contribution in [2.45, 2.75) is 19.4 Å². The van der Waals surface area contributed by atoms with Gasteiger partial charge in [0.2, 0.25) is 10.0 Å². The molecule has 1 fully saturated rings. The second kappa shape index (κ2) is 6.07. The maximum Gasteiger partial charge on any atom is 0.272 e. The molecule has 25 heavy (non-hydrogen) atoms. The summed E-state index contributed by atoms with van der Waals surface area (Å²) in [5.41, 5.74) is 2.02. The molecule has 0 aliphatic heterocycles. The van der Waals surface area contributed by atoms with E-state index in [1.165, 1.54) is 0 Å². The molecule has 1 aromatic heterocycles. The lowest BCUT2D eigenvalue weighted by Crippen LogP contribution is -2.17. The van der Waals surface area contributed by atoms with Gasteiger partial charge in [0.1, 0.15) is 0 Å². The first-order valence-corrected chi connectivity index (χ1v) is 9.92. The lowest BCUT2D eigenvalue weighted by Gasteiger charge is -2.08. The first kappa shape index (κ1) is 16.0. The van der Waals surface area contributed by atoms with Gasteiger partial charge >= 0.3 is 0 Å². The largest absolute Gasteiger partial charge is 0.284 e. The van der Waals surface area contributed by atoms with Crippen LogP contribution in [0.15, 0.2) is 53.3 Å². The van der Waals surface area contributed by atoms with E-state index < -0.39 is 10.0 Å². The molecule has 1 aliphatic carbocycles. The molecule has 0 unspecified atom stereocenters. The van der Waals surface area contributed by atoms with Crippen LogP contribution in [0.25, 0.3) is 10.9 Å². The van der Waals surface area contributed by atoms with Crippen molar-refractivity contribution < 1.29 is 8.42 Å². The van der Waals surface area contributed by atoms with Crippen molar-refractivity contribution in [2.75, 3.05) is 10.5 Å². The van der Waals surface area contributed by atoms with Crippen LogP contribution < -0.4 is 10.3 Å².